The Labute approximate surface area is 102 Å². The van der Waals surface area contributed by atoms with E-state index in [9.17, 15) is 14.9 Å². The monoisotopic (exact) mass is 249 g/mol. The topological polar surface area (TPSA) is 119 Å². The fourth-order valence-electron chi connectivity index (χ4n) is 1.88. The van der Waals surface area contributed by atoms with Gasteiger partial charge >= 0.3 is 5.97 Å². The second-order valence-corrected chi connectivity index (χ2v) is 4.07. The summed E-state index contributed by atoms with van der Waals surface area (Å²) in [7, 11) is 0. The zero-order valence-electron chi connectivity index (χ0n) is 9.31. The molecular weight excluding hydrogens is 238 g/mol. The predicted octanol–water partition coefficient (Wildman–Crippen LogP) is 1.20. The highest BCUT2D eigenvalue weighted by molar-refractivity contribution is 5.83. The van der Waals surface area contributed by atoms with Crippen LogP contribution in [-0.2, 0) is 4.79 Å². The van der Waals surface area contributed by atoms with Crippen LogP contribution in [0.2, 0.25) is 0 Å². The molecule has 0 aliphatic carbocycles. The van der Waals surface area contributed by atoms with Crippen LogP contribution in [0.3, 0.4) is 0 Å². The second-order valence-electron chi connectivity index (χ2n) is 4.07. The first-order valence-electron chi connectivity index (χ1n) is 5.30. The molecule has 1 heterocycles. The number of non-ortho nitro benzene ring substituents is 1. The van der Waals surface area contributed by atoms with Crippen LogP contribution in [0.25, 0.3) is 0 Å². The lowest BCUT2D eigenvalue weighted by molar-refractivity contribution is -0.384. The van der Waals surface area contributed by atoms with Gasteiger partial charge in [0.1, 0.15) is 6.04 Å². The zero-order chi connectivity index (χ0) is 13.3. The van der Waals surface area contributed by atoms with Gasteiger partial charge in [0, 0.05) is 24.3 Å². The van der Waals surface area contributed by atoms with Gasteiger partial charge in [-0.2, -0.15) is 0 Å². The van der Waals surface area contributed by atoms with Crippen LogP contribution < -0.4 is 5.73 Å². The van der Waals surface area contributed by atoms with E-state index >= 15 is 0 Å². The van der Waals surface area contributed by atoms with E-state index in [1.54, 1.807) is 12.3 Å². The molecule has 18 heavy (non-hydrogen) atoms. The van der Waals surface area contributed by atoms with Gasteiger partial charge in [-0.1, -0.05) is 0 Å². The Balaban J connectivity index is 2.25. The molecule has 1 aromatic carbocycles. The average molecular weight is 249 g/mol. The van der Waals surface area contributed by atoms with Crippen LogP contribution in [0.5, 0.6) is 0 Å². The quantitative estimate of drug-likeness (QED) is 0.613. The van der Waals surface area contributed by atoms with Crippen LogP contribution in [0.1, 0.15) is 17.9 Å². The normalized spacial score (nSPS) is 18.4. The third kappa shape index (κ3) is 2.21. The lowest BCUT2D eigenvalue weighted by atomic mass is 9.94. The van der Waals surface area contributed by atoms with Crippen LogP contribution in [0.15, 0.2) is 23.2 Å². The summed E-state index contributed by atoms with van der Waals surface area (Å²) in [6, 6.07) is 3.33. The van der Waals surface area contributed by atoms with E-state index in [0.717, 1.165) is 0 Å². The van der Waals surface area contributed by atoms with Gasteiger partial charge in [-0.25, -0.2) is 0 Å². The predicted molar refractivity (Wildman–Crippen MR) is 64.2 cm³/mol. The SMILES string of the molecule is N[C@H](C[C@H]1C=Nc2ccc([N+](=O)[O-])cc21)C(=O)O. The fraction of sp³-hybridized carbons (Fsp3) is 0.273. The summed E-state index contributed by atoms with van der Waals surface area (Å²) in [5.41, 5.74) is 6.70. The Bertz CT molecular complexity index is 541. The molecule has 0 spiro atoms. The van der Waals surface area contributed by atoms with Gasteiger partial charge in [0.15, 0.2) is 0 Å². The van der Waals surface area contributed by atoms with E-state index in [4.69, 9.17) is 10.8 Å². The first-order chi connectivity index (χ1) is 8.49. The number of nitro groups is 1. The van der Waals surface area contributed by atoms with E-state index in [-0.39, 0.29) is 18.0 Å². The second kappa shape index (κ2) is 4.53. The Hall–Kier alpha value is -2.28. The van der Waals surface area contributed by atoms with Crippen molar-refractivity contribution < 1.29 is 14.8 Å². The van der Waals surface area contributed by atoms with Gasteiger partial charge in [0.2, 0.25) is 0 Å². The summed E-state index contributed by atoms with van der Waals surface area (Å²) in [6.45, 7) is 0. The maximum absolute atomic E-state index is 10.7. The van der Waals surface area contributed by atoms with Crippen molar-refractivity contribution in [3.8, 4) is 0 Å². The lowest BCUT2D eigenvalue weighted by Crippen LogP contribution is -2.31. The number of aliphatic carboxylic acids is 1. The summed E-state index contributed by atoms with van der Waals surface area (Å²) in [4.78, 5) is 25.0. The number of carboxylic acid groups (broad SMARTS) is 1. The summed E-state index contributed by atoms with van der Waals surface area (Å²) in [5, 5.41) is 19.4. The summed E-state index contributed by atoms with van der Waals surface area (Å²) < 4.78 is 0. The Morgan fingerprint density at radius 2 is 2.33 bits per heavy atom. The van der Waals surface area contributed by atoms with E-state index in [1.807, 2.05) is 0 Å². The number of fused-ring (bicyclic) bond motifs is 1. The highest BCUT2D eigenvalue weighted by Gasteiger charge is 2.25. The van der Waals surface area contributed by atoms with Crippen molar-refractivity contribution in [3.63, 3.8) is 0 Å². The van der Waals surface area contributed by atoms with Gasteiger partial charge in [-0.15, -0.1) is 0 Å². The third-order valence-electron chi connectivity index (χ3n) is 2.84. The van der Waals surface area contributed by atoms with Gasteiger partial charge in [-0.3, -0.25) is 19.9 Å². The lowest BCUT2D eigenvalue weighted by Gasteiger charge is -2.12. The number of carbonyl (C=O) groups is 1. The maximum Gasteiger partial charge on any atom is 0.320 e. The minimum atomic E-state index is -1.10. The van der Waals surface area contributed by atoms with Crippen molar-refractivity contribution in [1.29, 1.82) is 0 Å². The van der Waals surface area contributed by atoms with Crippen LogP contribution in [-0.4, -0.2) is 28.3 Å². The number of nitrogens with zero attached hydrogens (tertiary/aromatic N) is 2. The smallest absolute Gasteiger partial charge is 0.320 e. The summed E-state index contributed by atoms with van der Waals surface area (Å²) in [6.07, 6.45) is 1.75. The molecule has 0 fully saturated rings. The zero-order valence-corrected chi connectivity index (χ0v) is 9.31. The molecule has 1 aliphatic rings. The summed E-state index contributed by atoms with van der Waals surface area (Å²) >= 11 is 0. The van der Waals surface area contributed by atoms with Crippen LogP contribution in [0.4, 0.5) is 11.4 Å². The van der Waals surface area contributed by atoms with Crippen LogP contribution >= 0.6 is 0 Å². The molecule has 1 aliphatic heterocycles. The molecule has 0 unspecified atom stereocenters. The van der Waals surface area contributed by atoms with Crippen molar-refractivity contribution in [2.75, 3.05) is 0 Å². The molecule has 1 aromatic rings. The highest BCUT2D eigenvalue weighted by Crippen LogP contribution is 2.36. The molecule has 0 amide bonds. The number of nitrogens with two attached hydrogens (primary N) is 1. The van der Waals surface area contributed by atoms with Gasteiger partial charge in [0.25, 0.3) is 5.69 Å². The van der Waals surface area contributed by atoms with Crippen LogP contribution in [0, 0.1) is 10.1 Å². The third-order valence-corrected chi connectivity index (χ3v) is 2.84. The Kier molecular flexibility index (Phi) is 3.07. The number of aliphatic imine (C=N–C) groups is 1. The molecule has 0 aromatic heterocycles. The largest absolute Gasteiger partial charge is 0.480 e. The number of nitro benzene ring substituents is 1. The van der Waals surface area contributed by atoms with Crippen molar-refractivity contribution in [2.45, 2.75) is 18.4 Å². The molecule has 3 N–H and O–H groups in total. The molecule has 2 atom stereocenters. The van der Waals surface area contributed by atoms with E-state index in [0.29, 0.717) is 11.3 Å². The Morgan fingerprint density at radius 1 is 1.61 bits per heavy atom. The molecule has 0 saturated heterocycles. The van der Waals surface area contributed by atoms with Gasteiger partial charge in [0.05, 0.1) is 10.6 Å². The standard InChI is InChI=1S/C11H11N3O4/c12-9(11(15)16)3-6-5-13-10-2-1-7(14(17)18)4-8(6)10/h1-2,4-6,9H,3,12H2,(H,15,16)/t6-,9+/m0/s1. The molecule has 94 valence electrons. The van der Waals surface area contributed by atoms with Crippen molar-refractivity contribution in [3.05, 3.63) is 33.9 Å². The first-order valence-corrected chi connectivity index (χ1v) is 5.30. The van der Waals surface area contributed by atoms with E-state index < -0.39 is 16.9 Å². The molecule has 7 nitrogen and oxygen atoms in total. The van der Waals surface area contributed by atoms with Crippen molar-refractivity contribution >= 4 is 23.6 Å². The average Bonchev–Trinajstić information content (AvgIpc) is 2.71. The number of hydrogen-bond donors (Lipinski definition) is 2. The molecular formula is C11H11N3O4. The molecule has 7 heteroatoms. The summed E-state index contributed by atoms with van der Waals surface area (Å²) in [5.74, 6) is -1.38. The minimum Gasteiger partial charge on any atom is -0.480 e. The Morgan fingerprint density at radius 3 is 2.94 bits per heavy atom. The van der Waals surface area contributed by atoms with E-state index in [1.165, 1.54) is 12.1 Å². The fourth-order valence-corrected chi connectivity index (χ4v) is 1.88. The van der Waals surface area contributed by atoms with E-state index in [2.05, 4.69) is 4.99 Å². The number of carboxylic acids is 1. The first kappa shape index (κ1) is 12.2. The van der Waals surface area contributed by atoms with Gasteiger partial charge < -0.3 is 10.8 Å². The molecule has 2 rings (SSSR count). The molecule has 0 radical (unpaired) electrons. The van der Waals surface area contributed by atoms with Crippen molar-refractivity contribution in [1.82, 2.24) is 0 Å². The molecule has 0 saturated carbocycles. The van der Waals surface area contributed by atoms with Gasteiger partial charge in [-0.05, 0) is 18.1 Å². The number of hydrogen-bond acceptors (Lipinski definition) is 5. The highest BCUT2D eigenvalue weighted by atomic mass is 16.6. The maximum atomic E-state index is 10.7. The number of rotatable bonds is 4. The van der Waals surface area contributed by atoms with Crippen molar-refractivity contribution in [2.24, 2.45) is 10.7 Å². The number of benzene rings is 1. The minimum absolute atomic E-state index is 0.0341. The molecule has 0 bridgehead atoms.